The molecule has 1 aliphatic rings. The number of aromatic nitrogens is 2. The quantitative estimate of drug-likeness (QED) is 0.824. The summed E-state index contributed by atoms with van der Waals surface area (Å²) in [5.74, 6) is 0.0122. The SMILES string of the molecule is Cc1cc(C)n(C[C@H](C)CNC(=O)[C@H]2CCCN2S(C)(=O)=O)n1. The Hall–Kier alpha value is -1.41. The number of hydrogen-bond donors (Lipinski definition) is 1. The molecule has 2 atom stereocenters. The van der Waals surface area contributed by atoms with Crippen molar-refractivity contribution in [1.82, 2.24) is 19.4 Å². The van der Waals surface area contributed by atoms with Crippen LogP contribution in [0.25, 0.3) is 0 Å². The minimum Gasteiger partial charge on any atom is -0.354 e. The van der Waals surface area contributed by atoms with Gasteiger partial charge in [-0.2, -0.15) is 9.40 Å². The van der Waals surface area contributed by atoms with Crippen molar-refractivity contribution >= 4 is 15.9 Å². The Balaban J connectivity index is 1.87. The van der Waals surface area contributed by atoms with Crippen LogP contribution in [0.3, 0.4) is 0 Å². The van der Waals surface area contributed by atoms with Gasteiger partial charge in [-0.15, -0.1) is 0 Å². The molecule has 1 aromatic heterocycles. The molecule has 0 radical (unpaired) electrons. The van der Waals surface area contributed by atoms with E-state index in [1.54, 1.807) is 0 Å². The number of rotatable bonds is 6. The van der Waals surface area contributed by atoms with Gasteiger partial charge in [0.1, 0.15) is 6.04 Å². The average molecular weight is 342 g/mol. The van der Waals surface area contributed by atoms with Gasteiger partial charge in [-0.25, -0.2) is 8.42 Å². The number of sulfonamides is 1. The maximum Gasteiger partial charge on any atom is 0.238 e. The lowest BCUT2D eigenvalue weighted by molar-refractivity contribution is -0.124. The van der Waals surface area contributed by atoms with Crippen LogP contribution in [0.15, 0.2) is 6.07 Å². The first-order chi connectivity index (χ1) is 10.7. The van der Waals surface area contributed by atoms with E-state index in [9.17, 15) is 13.2 Å². The van der Waals surface area contributed by atoms with Gasteiger partial charge < -0.3 is 5.32 Å². The number of carbonyl (C=O) groups excluding carboxylic acids is 1. The van der Waals surface area contributed by atoms with Crippen LogP contribution in [-0.2, 0) is 21.4 Å². The Labute approximate surface area is 138 Å². The van der Waals surface area contributed by atoms with E-state index in [4.69, 9.17) is 0 Å². The van der Waals surface area contributed by atoms with Crippen molar-refractivity contribution in [3.8, 4) is 0 Å². The third-order valence-corrected chi connectivity index (χ3v) is 5.43. The lowest BCUT2D eigenvalue weighted by Gasteiger charge is -2.22. The monoisotopic (exact) mass is 342 g/mol. The van der Waals surface area contributed by atoms with Crippen LogP contribution in [0.2, 0.25) is 0 Å². The third-order valence-electron chi connectivity index (χ3n) is 4.15. The summed E-state index contributed by atoms with van der Waals surface area (Å²) >= 11 is 0. The fourth-order valence-corrected chi connectivity index (χ4v) is 4.14. The van der Waals surface area contributed by atoms with Crippen LogP contribution in [0.1, 0.15) is 31.2 Å². The van der Waals surface area contributed by atoms with Gasteiger partial charge in [0, 0.05) is 25.3 Å². The highest BCUT2D eigenvalue weighted by Crippen LogP contribution is 2.20. The predicted molar refractivity (Wildman–Crippen MR) is 88.4 cm³/mol. The molecule has 1 N–H and O–H groups in total. The summed E-state index contributed by atoms with van der Waals surface area (Å²) in [6.45, 7) is 7.66. The van der Waals surface area contributed by atoms with Gasteiger partial charge in [0.05, 0.1) is 11.9 Å². The van der Waals surface area contributed by atoms with Crippen LogP contribution in [0.5, 0.6) is 0 Å². The molecular weight excluding hydrogens is 316 g/mol. The second kappa shape index (κ2) is 7.00. The number of nitrogens with one attached hydrogen (secondary N) is 1. The Morgan fingerprint density at radius 3 is 2.74 bits per heavy atom. The van der Waals surface area contributed by atoms with E-state index >= 15 is 0 Å². The zero-order valence-electron chi connectivity index (χ0n) is 14.2. The molecule has 1 aromatic rings. The van der Waals surface area contributed by atoms with Crippen LogP contribution in [-0.4, -0.2) is 53.8 Å². The molecule has 0 spiro atoms. The van der Waals surface area contributed by atoms with E-state index in [1.165, 1.54) is 4.31 Å². The zero-order chi connectivity index (χ0) is 17.2. The van der Waals surface area contributed by atoms with E-state index in [-0.39, 0.29) is 11.8 Å². The molecule has 130 valence electrons. The Bertz CT molecular complexity index is 668. The van der Waals surface area contributed by atoms with Crippen molar-refractivity contribution < 1.29 is 13.2 Å². The van der Waals surface area contributed by atoms with Gasteiger partial charge in [-0.1, -0.05) is 6.92 Å². The first kappa shape index (κ1) is 17.9. The molecule has 7 nitrogen and oxygen atoms in total. The Morgan fingerprint density at radius 2 is 2.17 bits per heavy atom. The van der Waals surface area contributed by atoms with E-state index in [1.807, 2.05) is 31.5 Å². The first-order valence-electron chi connectivity index (χ1n) is 7.94. The van der Waals surface area contributed by atoms with Crippen LogP contribution >= 0.6 is 0 Å². The van der Waals surface area contributed by atoms with Gasteiger partial charge in [-0.05, 0) is 38.7 Å². The molecular formula is C15H26N4O3S. The summed E-state index contributed by atoms with van der Waals surface area (Å²) in [5, 5.41) is 7.30. The zero-order valence-corrected chi connectivity index (χ0v) is 15.1. The van der Waals surface area contributed by atoms with Crippen molar-refractivity contribution in [3.05, 3.63) is 17.5 Å². The molecule has 2 rings (SSSR count). The summed E-state index contributed by atoms with van der Waals surface area (Å²) in [6, 6.07) is 1.46. The number of nitrogens with zero attached hydrogens (tertiary/aromatic N) is 3. The molecule has 1 amide bonds. The molecule has 1 fully saturated rings. The van der Waals surface area contributed by atoms with Crippen LogP contribution in [0, 0.1) is 19.8 Å². The second-order valence-electron chi connectivity index (χ2n) is 6.49. The minimum absolute atomic E-state index is 0.201. The summed E-state index contributed by atoms with van der Waals surface area (Å²) in [5.41, 5.74) is 2.08. The van der Waals surface area contributed by atoms with Gasteiger partial charge in [0.15, 0.2) is 0 Å². The highest BCUT2D eigenvalue weighted by atomic mass is 32.2. The summed E-state index contributed by atoms with van der Waals surface area (Å²) < 4.78 is 26.6. The topological polar surface area (TPSA) is 84.3 Å². The molecule has 1 saturated heterocycles. The lowest BCUT2D eigenvalue weighted by atomic mass is 10.1. The molecule has 23 heavy (non-hydrogen) atoms. The van der Waals surface area contributed by atoms with Crippen LogP contribution in [0.4, 0.5) is 0 Å². The first-order valence-corrected chi connectivity index (χ1v) is 9.79. The van der Waals surface area contributed by atoms with E-state index < -0.39 is 16.1 Å². The van der Waals surface area contributed by atoms with Crippen LogP contribution < -0.4 is 5.32 Å². The molecule has 0 saturated carbocycles. The standard InChI is InChI=1S/C15H26N4O3S/c1-11(10-18-13(3)8-12(2)17-18)9-16-15(20)14-6-5-7-19(14)23(4,21)22/h8,11,14H,5-7,9-10H2,1-4H3,(H,16,20)/t11-,14-/m1/s1. The fourth-order valence-electron chi connectivity index (χ4n) is 3.01. The van der Waals surface area contributed by atoms with Crippen molar-refractivity contribution in [2.24, 2.45) is 5.92 Å². The molecule has 0 bridgehead atoms. The largest absolute Gasteiger partial charge is 0.354 e. The van der Waals surface area contributed by atoms with Gasteiger partial charge >= 0.3 is 0 Å². The molecule has 0 unspecified atom stereocenters. The van der Waals surface area contributed by atoms with E-state index in [2.05, 4.69) is 10.4 Å². The smallest absolute Gasteiger partial charge is 0.238 e. The van der Waals surface area contributed by atoms with Gasteiger partial charge in [-0.3, -0.25) is 9.48 Å². The normalized spacial score (nSPS) is 20.6. The van der Waals surface area contributed by atoms with Gasteiger partial charge in [0.25, 0.3) is 0 Å². The maximum absolute atomic E-state index is 12.3. The predicted octanol–water partition coefficient (Wildman–Crippen LogP) is 0.676. The Kier molecular flexibility index (Phi) is 5.46. The number of carbonyl (C=O) groups is 1. The molecule has 0 aliphatic carbocycles. The lowest BCUT2D eigenvalue weighted by Crippen LogP contribution is -2.46. The second-order valence-corrected chi connectivity index (χ2v) is 8.43. The number of amides is 1. The highest BCUT2D eigenvalue weighted by Gasteiger charge is 2.36. The Morgan fingerprint density at radius 1 is 1.48 bits per heavy atom. The van der Waals surface area contributed by atoms with E-state index in [0.29, 0.717) is 19.5 Å². The van der Waals surface area contributed by atoms with Crippen molar-refractivity contribution in [2.45, 2.75) is 46.2 Å². The maximum atomic E-state index is 12.3. The fraction of sp³-hybridized carbons (Fsp3) is 0.733. The third kappa shape index (κ3) is 4.54. The van der Waals surface area contributed by atoms with Crippen molar-refractivity contribution in [1.29, 1.82) is 0 Å². The minimum atomic E-state index is -3.33. The number of aryl methyl sites for hydroxylation is 2. The summed E-state index contributed by atoms with van der Waals surface area (Å²) in [7, 11) is -3.33. The average Bonchev–Trinajstić information content (AvgIpc) is 3.03. The molecule has 0 aromatic carbocycles. The van der Waals surface area contributed by atoms with Gasteiger partial charge in [0.2, 0.25) is 15.9 Å². The summed E-state index contributed by atoms with van der Waals surface area (Å²) in [4.78, 5) is 12.3. The molecule has 8 heteroatoms. The summed E-state index contributed by atoms with van der Waals surface area (Å²) in [6.07, 6.45) is 2.47. The molecule has 2 heterocycles. The van der Waals surface area contributed by atoms with E-state index in [0.717, 1.165) is 30.6 Å². The van der Waals surface area contributed by atoms with Crippen molar-refractivity contribution in [3.63, 3.8) is 0 Å². The number of hydrogen-bond acceptors (Lipinski definition) is 4. The van der Waals surface area contributed by atoms with Crippen molar-refractivity contribution in [2.75, 3.05) is 19.3 Å². The highest BCUT2D eigenvalue weighted by molar-refractivity contribution is 7.88. The molecule has 1 aliphatic heterocycles.